The average Bonchev–Trinajstić information content (AvgIpc) is 2.12. The molecule has 0 aromatic heterocycles. The van der Waals surface area contributed by atoms with Gasteiger partial charge in [-0.15, -0.1) is 0 Å². The molecule has 0 fully saturated rings. The van der Waals surface area contributed by atoms with Crippen LogP contribution in [0.1, 0.15) is 34.1 Å². The number of nitrogens with one attached hydrogen (secondary N) is 1. The lowest BCUT2D eigenvalue weighted by atomic mass is 9.92. The van der Waals surface area contributed by atoms with Crippen molar-refractivity contribution in [3.05, 3.63) is 0 Å². The van der Waals surface area contributed by atoms with Gasteiger partial charge in [0.25, 0.3) is 0 Å². The maximum atomic E-state index is 11.4. The summed E-state index contributed by atoms with van der Waals surface area (Å²) >= 11 is 0. The average molecular weight is 201 g/mol. The maximum Gasteiger partial charge on any atom is 0.318 e. The molecule has 0 bridgehead atoms. The summed E-state index contributed by atoms with van der Waals surface area (Å²) in [5, 5.41) is 11.4. The summed E-state index contributed by atoms with van der Waals surface area (Å²) in [5.41, 5.74) is -1.34. The Kier molecular flexibility index (Phi) is 4.60. The zero-order valence-electron chi connectivity index (χ0n) is 9.26. The molecule has 82 valence electrons. The van der Waals surface area contributed by atoms with Gasteiger partial charge in [0, 0.05) is 6.54 Å². The topological polar surface area (TPSA) is 66.4 Å². The quantitative estimate of drug-likeness (QED) is 0.658. The number of carboxylic acids is 1. The van der Waals surface area contributed by atoms with Crippen LogP contribution in [0, 0.1) is 11.3 Å². The van der Waals surface area contributed by atoms with Crippen molar-refractivity contribution < 1.29 is 14.7 Å². The molecule has 4 heteroatoms. The Hall–Kier alpha value is -1.06. The smallest absolute Gasteiger partial charge is 0.318 e. The lowest BCUT2D eigenvalue weighted by molar-refractivity contribution is -0.153. The van der Waals surface area contributed by atoms with E-state index in [1.807, 2.05) is 13.8 Å². The number of carbonyl (C=O) groups is 2. The Labute approximate surface area is 84.7 Å². The number of hydrogen-bond acceptors (Lipinski definition) is 2. The van der Waals surface area contributed by atoms with Crippen molar-refractivity contribution in [3.8, 4) is 0 Å². The van der Waals surface area contributed by atoms with Crippen LogP contribution in [0.15, 0.2) is 0 Å². The Morgan fingerprint density at radius 3 is 2.29 bits per heavy atom. The van der Waals surface area contributed by atoms with Crippen LogP contribution >= 0.6 is 0 Å². The minimum atomic E-state index is -1.34. The molecule has 0 radical (unpaired) electrons. The Morgan fingerprint density at radius 1 is 1.43 bits per heavy atom. The minimum Gasteiger partial charge on any atom is -0.480 e. The maximum absolute atomic E-state index is 11.4. The van der Waals surface area contributed by atoms with E-state index in [-0.39, 0.29) is 0 Å². The van der Waals surface area contributed by atoms with Crippen LogP contribution in [0.25, 0.3) is 0 Å². The lowest BCUT2D eigenvalue weighted by Crippen LogP contribution is -2.43. The highest BCUT2D eigenvalue weighted by molar-refractivity contribution is 6.00. The predicted molar refractivity (Wildman–Crippen MR) is 53.9 cm³/mol. The van der Waals surface area contributed by atoms with Crippen molar-refractivity contribution >= 4 is 11.9 Å². The summed E-state index contributed by atoms with van der Waals surface area (Å²) in [4.78, 5) is 22.2. The van der Waals surface area contributed by atoms with Crippen LogP contribution in [0.5, 0.6) is 0 Å². The van der Waals surface area contributed by atoms with Gasteiger partial charge in [0.05, 0.1) is 0 Å². The third-order valence-electron chi connectivity index (χ3n) is 2.41. The molecule has 0 rings (SSSR count). The standard InChI is InChI=1S/C10H19NO3/c1-5-7(2)6-11-8(12)10(3,4)9(13)14/h7H,5-6H2,1-4H3,(H,11,12)(H,13,14). The summed E-state index contributed by atoms with van der Waals surface area (Å²) < 4.78 is 0. The minimum absolute atomic E-state index is 0.378. The normalized spacial score (nSPS) is 13.4. The second kappa shape index (κ2) is 4.98. The molecular weight excluding hydrogens is 182 g/mol. The molecule has 0 aromatic rings. The summed E-state index contributed by atoms with van der Waals surface area (Å²) in [7, 11) is 0. The van der Waals surface area contributed by atoms with Crippen LogP contribution < -0.4 is 5.32 Å². The van der Waals surface area contributed by atoms with E-state index in [4.69, 9.17) is 5.11 Å². The number of amides is 1. The van der Waals surface area contributed by atoms with Gasteiger partial charge in [0.15, 0.2) is 0 Å². The van der Waals surface area contributed by atoms with Crippen molar-refractivity contribution in [2.75, 3.05) is 6.54 Å². The number of hydrogen-bond donors (Lipinski definition) is 2. The molecule has 0 aliphatic carbocycles. The monoisotopic (exact) mass is 201 g/mol. The Balaban J connectivity index is 4.15. The number of aliphatic carboxylic acids is 1. The summed E-state index contributed by atoms with van der Waals surface area (Å²) in [6.07, 6.45) is 0.966. The van der Waals surface area contributed by atoms with Gasteiger partial charge in [-0.05, 0) is 19.8 Å². The van der Waals surface area contributed by atoms with Gasteiger partial charge in [-0.3, -0.25) is 9.59 Å². The van der Waals surface area contributed by atoms with Crippen LogP contribution in [-0.2, 0) is 9.59 Å². The summed E-state index contributed by atoms with van der Waals surface area (Å²) in [6, 6.07) is 0. The second-order valence-electron chi connectivity index (χ2n) is 4.15. The Bertz CT molecular complexity index is 223. The van der Waals surface area contributed by atoms with Gasteiger partial charge in [-0.2, -0.15) is 0 Å². The fourth-order valence-corrected chi connectivity index (χ4v) is 0.729. The van der Waals surface area contributed by atoms with E-state index >= 15 is 0 Å². The third kappa shape index (κ3) is 3.36. The fourth-order valence-electron chi connectivity index (χ4n) is 0.729. The molecule has 1 unspecified atom stereocenters. The van der Waals surface area contributed by atoms with Crippen LogP contribution in [0.4, 0.5) is 0 Å². The van der Waals surface area contributed by atoms with Crippen LogP contribution in [-0.4, -0.2) is 23.5 Å². The molecule has 0 aliphatic rings. The molecule has 0 saturated carbocycles. The Morgan fingerprint density at radius 2 is 1.93 bits per heavy atom. The van der Waals surface area contributed by atoms with E-state index in [1.165, 1.54) is 13.8 Å². The summed E-state index contributed by atoms with van der Waals surface area (Å²) in [6.45, 7) is 7.38. The first-order valence-electron chi connectivity index (χ1n) is 4.84. The zero-order chi connectivity index (χ0) is 11.4. The van der Waals surface area contributed by atoms with Crippen molar-refractivity contribution in [1.82, 2.24) is 5.32 Å². The van der Waals surface area contributed by atoms with Crippen molar-refractivity contribution in [1.29, 1.82) is 0 Å². The van der Waals surface area contributed by atoms with Crippen LogP contribution in [0.2, 0.25) is 0 Å². The molecule has 2 N–H and O–H groups in total. The van der Waals surface area contributed by atoms with Gasteiger partial charge in [-0.1, -0.05) is 20.3 Å². The predicted octanol–water partition coefficient (Wildman–Crippen LogP) is 1.26. The van der Waals surface area contributed by atoms with Gasteiger partial charge < -0.3 is 10.4 Å². The molecule has 4 nitrogen and oxygen atoms in total. The van der Waals surface area contributed by atoms with Crippen molar-refractivity contribution in [2.24, 2.45) is 11.3 Å². The summed E-state index contributed by atoms with van der Waals surface area (Å²) in [5.74, 6) is -1.15. The molecule has 1 amide bonds. The molecule has 14 heavy (non-hydrogen) atoms. The molecule has 0 aromatic carbocycles. The highest BCUT2D eigenvalue weighted by atomic mass is 16.4. The fraction of sp³-hybridized carbons (Fsp3) is 0.800. The number of carbonyl (C=O) groups excluding carboxylic acids is 1. The molecule has 0 heterocycles. The largest absolute Gasteiger partial charge is 0.480 e. The van der Waals surface area contributed by atoms with Gasteiger partial charge >= 0.3 is 5.97 Å². The molecule has 0 saturated heterocycles. The highest BCUT2D eigenvalue weighted by Crippen LogP contribution is 2.15. The second-order valence-corrected chi connectivity index (χ2v) is 4.15. The van der Waals surface area contributed by atoms with Gasteiger partial charge in [0.2, 0.25) is 5.91 Å². The third-order valence-corrected chi connectivity index (χ3v) is 2.41. The molecular formula is C10H19NO3. The molecule has 1 atom stereocenters. The van der Waals surface area contributed by atoms with Gasteiger partial charge in [0.1, 0.15) is 5.41 Å². The lowest BCUT2D eigenvalue weighted by Gasteiger charge is -2.19. The first kappa shape index (κ1) is 12.9. The van der Waals surface area contributed by atoms with Crippen molar-refractivity contribution in [3.63, 3.8) is 0 Å². The van der Waals surface area contributed by atoms with E-state index in [9.17, 15) is 9.59 Å². The zero-order valence-corrected chi connectivity index (χ0v) is 9.26. The van der Waals surface area contributed by atoms with Gasteiger partial charge in [-0.25, -0.2) is 0 Å². The van der Waals surface area contributed by atoms with E-state index in [1.54, 1.807) is 0 Å². The first-order valence-corrected chi connectivity index (χ1v) is 4.84. The van der Waals surface area contributed by atoms with Crippen LogP contribution in [0.3, 0.4) is 0 Å². The number of rotatable bonds is 5. The van der Waals surface area contributed by atoms with E-state index < -0.39 is 17.3 Å². The van der Waals surface area contributed by atoms with E-state index in [2.05, 4.69) is 5.32 Å². The molecule has 0 spiro atoms. The number of carboxylic acid groups (broad SMARTS) is 1. The van der Waals surface area contributed by atoms with Crippen molar-refractivity contribution in [2.45, 2.75) is 34.1 Å². The van der Waals surface area contributed by atoms with E-state index in [0.717, 1.165) is 6.42 Å². The SMILES string of the molecule is CCC(C)CNC(=O)C(C)(C)C(=O)O. The first-order chi connectivity index (χ1) is 6.32. The van der Waals surface area contributed by atoms with E-state index in [0.29, 0.717) is 12.5 Å². The molecule has 0 aliphatic heterocycles. The highest BCUT2D eigenvalue weighted by Gasteiger charge is 2.35.